The molecule has 0 radical (unpaired) electrons. The van der Waals surface area contributed by atoms with Crippen LogP contribution in [0.1, 0.15) is 200 Å². The maximum Gasteiger partial charge on any atom is 0.233 e. The number of amides is 4. The molecule has 0 bridgehead atoms. The van der Waals surface area contributed by atoms with Crippen molar-refractivity contribution < 1.29 is 47.3 Å². The molecule has 0 spiro atoms. The Morgan fingerprint density at radius 1 is 0.400 bits per heavy atom. The molecule has 2 heterocycles. The van der Waals surface area contributed by atoms with Gasteiger partial charge in [-0.15, -0.1) is 0 Å². The third-order valence-electron chi connectivity index (χ3n) is 22.3. The molecule has 2 aromatic carbocycles. The lowest BCUT2D eigenvalue weighted by Crippen LogP contribution is -2.47. The summed E-state index contributed by atoms with van der Waals surface area (Å²) >= 11 is 0. The molecule has 0 aromatic heterocycles. The van der Waals surface area contributed by atoms with E-state index in [1.165, 1.54) is 24.2 Å². The highest BCUT2D eigenvalue weighted by atomic mass is 31.2. The molecule has 8 aliphatic carbocycles. The molecule has 16 atom stereocenters. The Labute approximate surface area is 477 Å². The molecule has 10 fully saturated rings. The molecule has 16 unspecified atom stereocenters. The quantitative estimate of drug-likeness (QED) is 0.125. The first-order valence-electron chi connectivity index (χ1n) is 32.5. The molecule has 2 aliphatic heterocycles. The molecule has 10 aliphatic rings. The van der Waals surface area contributed by atoms with Crippen LogP contribution in [-0.4, -0.2) is 118 Å². The average molecular weight is 1140 g/mol. The lowest BCUT2D eigenvalue weighted by Gasteiger charge is -2.49. The smallest absolute Gasteiger partial charge is 0.233 e. The van der Waals surface area contributed by atoms with Gasteiger partial charge in [0, 0.05) is 52.8 Å². The van der Waals surface area contributed by atoms with Crippen LogP contribution in [0, 0.1) is 29.6 Å². The Bertz CT molecular complexity index is 2520. The van der Waals surface area contributed by atoms with Gasteiger partial charge < -0.3 is 28.1 Å². The Morgan fingerprint density at radius 3 is 1.50 bits per heavy atom. The Kier molecular flexibility index (Phi) is 17.9. The van der Waals surface area contributed by atoms with Gasteiger partial charge in [-0.1, -0.05) is 119 Å². The molecule has 2 saturated heterocycles. The van der Waals surface area contributed by atoms with Gasteiger partial charge in [-0.25, -0.2) is 0 Å². The number of carbonyl (C=O) groups excluding carboxylic acids is 4. The number of imide groups is 2. The molecular formula is C66H94N2O10P2. The van der Waals surface area contributed by atoms with E-state index in [0.717, 1.165) is 133 Å². The van der Waals surface area contributed by atoms with Gasteiger partial charge in [0.1, 0.15) is 7.14 Å². The van der Waals surface area contributed by atoms with Crippen LogP contribution in [0.4, 0.5) is 0 Å². The third kappa shape index (κ3) is 11.5. The summed E-state index contributed by atoms with van der Waals surface area (Å²) in [5.74, 6) is -0.892. The fourth-order valence-corrected chi connectivity index (χ4v) is 27.1. The van der Waals surface area contributed by atoms with Crippen LogP contribution in [0.2, 0.25) is 0 Å². The summed E-state index contributed by atoms with van der Waals surface area (Å²) in [6.45, 7) is 2.32. The van der Waals surface area contributed by atoms with Gasteiger partial charge in [-0.2, -0.15) is 0 Å². The minimum atomic E-state index is -3.12. The zero-order valence-corrected chi connectivity index (χ0v) is 50.0. The van der Waals surface area contributed by atoms with Gasteiger partial charge in [-0.05, 0) is 141 Å². The molecule has 12 rings (SSSR count). The van der Waals surface area contributed by atoms with E-state index in [1.807, 2.05) is 60.7 Å². The number of carbonyl (C=O) groups is 4. The van der Waals surface area contributed by atoms with Crippen molar-refractivity contribution in [1.29, 1.82) is 0 Å². The first-order valence-corrected chi connectivity index (χ1v) is 36.2. The SMILES string of the molecule is CC1CCCC(OC2CC(OC3CCCC(N4C(=O)C5CCC(OC6CCC(OC7CCC8C(=O)N(C)C(=O)C8C7)CC6P(=O)(C6CCCCC6)C6CCCCC6)CC5C4=O)C3)CCC2P(=O)(c2ccccc2)c2ccccc2)C1. The van der Waals surface area contributed by atoms with Gasteiger partial charge in [-0.3, -0.25) is 29.0 Å². The van der Waals surface area contributed by atoms with Crippen molar-refractivity contribution >= 4 is 48.5 Å². The number of hydrogen-bond donors (Lipinski definition) is 0. The molecule has 8 saturated carbocycles. The van der Waals surface area contributed by atoms with Crippen LogP contribution in [-0.2, 0) is 47.3 Å². The summed E-state index contributed by atoms with van der Waals surface area (Å²) in [6.07, 6.45) is 26.0. The zero-order chi connectivity index (χ0) is 55.1. The summed E-state index contributed by atoms with van der Waals surface area (Å²) in [6, 6.07) is 19.9. The number of benzene rings is 2. The lowest BCUT2D eigenvalue weighted by atomic mass is 9.79. The van der Waals surface area contributed by atoms with Crippen LogP contribution in [0.25, 0.3) is 0 Å². The van der Waals surface area contributed by atoms with Gasteiger partial charge in [0.2, 0.25) is 23.6 Å². The third-order valence-corrected chi connectivity index (χ3v) is 30.9. The van der Waals surface area contributed by atoms with Gasteiger partial charge in [0.05, 0.1) is 79.6 Å². The number of rotatable bonds is 15. The second-order valence-corrected chi connectivity index (χ2v) is 33.9. The Morgan fingerprint density at radius 2 is 0.875 bits per heavy atom. The first kappa shape index (κ1) is 57.5. The standard InChI is InChI=1S/C66H94N2O10P2/c1-43-17-15-19-45(37-43)78-60-41-49(32-36-61(60)79(73,51-21-7-3-8-22-51)52-23-9-4-10-24-52)75-46-20-16-18-44(38-46)68-65(71)56-34-30-48(40-58(56)66(68)72)77-59-35-31-50(76-47-29-33-55-57(39-47)64(70)67(2)63(55)69)42-62(59)80(74,53-25-11-5-12-26-53)54-27-13-6-14-28-54/h3-4,7-10,21-24,43-50,53-62H,5-6,11-20,25-42H2,1-2H3. The minimum Gasteiger partial charge on any atom is -0.375 e. The highest BCUT2D eigenvalue weighted by molar-refractivity contribution is 7.79. The lowest BCUT2D eigenvalue weighted by molar-refractivity contribution is -0.146. The monoisotopic (exact) mass is 1140 g/mol. The van der Waals surface area contributed by atoms with E-state index < -0.39 is 20.2 Å². The fourth-order valence-electron chi connectivity index (χ4n) is 18.3. The highest BCUT2D eigenvalue weighted by Gasteiger charge is 2.57. The second-order valence-electron chi connectivity index (χ2n) is 27.2. The molecule has 438 valence electrons. The molecule has 4 amide bonds. The maximum atomic E-state index is 16.6. The van der Waals surface area contributed by atoms with Crippen molar-refractivity contribution in [3.63, 3.8) is 0 Å². The number of likely N-dealkylation sites (tertiary alicyclic amines) is 2. The van der Waals surface area contributed by atoms with E-state index in [4.69, 9.17) is 18.9 Å². The van der Waals surface area contributed by atoms with Crippen molar-refractivity contribution in [2.75, 3.05) is 7.05 Å². The molecular weight excluding hydrogens is 1040 g/mol. The normalized spacial score (nSPS) is 38.1. The van der Waals surface area contributed by atoms with Gasteiger partial charge >= 0.3 is 0 Å². The first-order chi connectivity index (χ1) is 38.9. The summed E-state index contributed by atoms with van der Waals surface area (Å²) in [4.78, 5) is 58.5. The van der Waals surface area contributed by atoms with E-state index in [1.54, 1.807) is 11.9 Å². The van der Waals surface area contributed by atoms with Crippen LogP contribution < -0.4 is 10.6 Å². The number of nitrogens with zero attached hydrogens (tertiary/aromatic N) is 2. The van der Waals surface area contributed by atoms with Gasteiger partial charge in [0.25, 0.3) is 0 Å². The Balaban J connectivity index is 0.720. The largest absolute Gasteiger partial charge is 0.375 e. The number of ether oxygens (including phenoxy) is 4. The van der Waals surface area contributed by atoms with E-state index in [2.05, 4.69) is 6.92 Å². The molecule has 2 aromatic rings. The summed E-state index contributed by atoms with van der Waals surface area (Å²) in [5.41, 5.74) is 0.115. The number of hydrogen-bond acceptors (Lipinski definition) is 10. The van der Waals surface area contributed by atoms with Crippen LogP contribution >= 0.6 is 14.3 Å². The molecule has 12 nitrogen and oxygen atoms in total. The van der Waals surface area contributed by atoms with Crippen molar-refractivity contribution in [2.45, 2.75) is 277 Å². The van der Waals surface area contributed by atoms with Crippen LogP contribution in [0.3, 0.4) is 0 Å². The molecule has 14 heteroatoms. The summed E-state index contributed by atoms with van der Waals surface area (Å²) < 4.78 is 61.2. The predicted octanol–water partition coefficient (Wildman–Crippen LogP) is 12.5. The number of fused-ring (bicyclic) bond motifs is 2. The summed E-state index contributed by atoms with van der Waals surface area (Å²) in [7, 11) is -4.33. The molecule has 80 heavy (non-hydrogen) atoms. The topological polar surface area (TPSA) is 146 Å². The molecule has 0 N–H and O–H groups in total. The zero-order valence-electron chi connectivity index (χ0n) is 48.3. The average Bonchev–Trinajstić information content (AvgIpc) is 3.90. The van der Waals surface area contributed by atoms with Crippen molar-refractivity contribution in [3.8, 4) is 0 Å². The van der Waals surface area contributed by atoms with Crippen LogP contribution in [0.5, 0.6) is 0 Å². The predicted molar refractivity (Wildman–Crippen MR) is 312 cm³/mol. The van der Waals surface area contributed by atoms with Crippen molar-refractivity contribution in [3.05, 3.63) is 60.7 Å². The van der Waals surface area contributed by atoms with Crippen LogP contribution in [0.15, 0.2) is 60.7 Å². The van der Waals surface area contributed by atoms with E-state index in [0.29, 0.717) is 57.3 Å². The van der Waals surface area contributed by atoms with Crippen molar-refractivity contribution in [1.82, 2.24) is 9.80 Å². The summed E-state index contributed by atoms with van der Waals surface area (Å²) in [5, 5.41) is 1.77. The van der Waals surface area contributed by atoms with Crippen molar-refractivity contribution in [2.24, 2.45) is 29.6 Å². The second kappa shape index (κ2) is 24.9. The highest BCUT2D eigenvalue weighted by Crippen LogP contribution is 2.69. The maximum absolute atomic E-state index is 16.6. The Hall–Kier alpha value is -2.98. The van der Waals surface area contributed by atoms with Gasteiger partial charge in [0.15, 0.2) is 0 Å². The minimum absolute atomic E-state index is 0.0173. The van der Waals surface area contributed by atoms with E-state index >= 15 is 9.13 Å². The fraction of sp³-hybridized carbons (Fsp3) is 0.758. The van der Waals surface area contributed by atoms with E-state index in [9.17, 15) is 19.2 Å². The van der Waals surface area contributed by atoms with E-state index in [-0.39, 0.29) is 119 Å².